The minimum Gasteiger partial charge on any atom is -0.494 e. The number of ether oxygens (including phenoxy) is 1. The molecule has 14 nitrogen and oxygen atoms in total. The lowest BCUT2D eigenvalue weighted by atomic mass is 10.1. The second-order valence-electron chi connectivity index (χ2n) is 9.00. The number of aromatic nitrogens is 4. The highest BCUT2D eigenvalue weighted by Crippen LogP contribution is 2.37. The number of para-hydroxylation sites is 1. The lowest BCUT2D eigenvalue weighted by molar-refractivity contribution is -0.117. The van der Waals surface area contributed by atoms with E-state index in [1.807, 2.05) is 0 Å². The Morgan fingerprint density at radius 3 is 2.74 bits per heavy atom. The Balaban J connectivity index is 1.42. The molecule has 1 saturated heterocycles. The van der Waals surface area contributed by atoms with E-state index in [0.29, 0.717) is 30.0 Å². The zero-order valence-electron chi connectivity index (χ0n) is 20.5. The smallest absolute Gasteiger partial charge is 0.271 e. The summed E-state index contributed by atoms with van der Waals surface area (Å²) >= 11 is 0. The third kappa shape index (κ3) is 5.43. The first-order valence-electron chi connectivity index (χ1n) is 12.0. The molecule has 2 aliphatic rings. The first kappa shape index (κ1) is 25.5. The van der Waals surface area contributed by atoms with Gasteiger partial charge in [0.1, 0.15) is 0 Å². The molecule has 1 saturated carbocycles. The van der Waals surface area contributed by atoms with Crippen LogP contribution < -0.4 is 21.1 Å². The first-order valence-corrected chi connectivity index (χ1v) is 13.6. The van der Waals surface area contributed by atoms with Crippen molar-refractivity contribution in [3.63, 3.8) is 0 Å². The topological polar surface area (TPSA) is 196 Å². The van der Waals surface area contributed by atoms with Crippen LogP contribution in [-0.4, -0.2) is 64.3 Å². The fraction of sp³-hybridized carbons (Fsp3) is 0.391. The van der Waals surface area contributed by atoms with Gasteiger partial charge in [0.2, 0.25) is 27.6 Å². The molecule has 0 bridgehead atoms. The normalized spacial score (nSPS) is 17.1. The maximum Gasteiger partial charge on any atom is 0.271 e. The standard InChI is InChI=1S/C23H26N8O6S/c1-36-20-14(22-27-18(37-30-22)12-31-9-2-3-10-38(31,34)35)5-4-6-15(20)25-16-11-17(26-23(33)13-7-8-13)28-29-19(16)21(24)32/h4-6,11,13H,2-3,7-10,12H2,1H3,(H2,24,32)(H2,25,26,28,33). The summed E-state index contributed by atoms with van der Waals surface area (Å²) in [5.74, 6) is -0.102. The average Bonchev–Trinajstić information content (AvgIpc) is 3.64. The molecular weight excluding hydrogens is 516 g/mol. The van der Waals surface area contributed by atoms with Gasteiger partial charge in [-0.25, -0.2) is 8.42 Å². The van der Waals surface area contributed by atoms with Gasteiger partial charge in [0, 0.05) is 18.5 Å². The van der Waals surface area contributed by atoms with E-state index >= 15 is 0 Å². The van der Waals surface area contributed by atoms with Crippen LogP contribution in [-0.2, 0) is 21.4 Å². The highest BCUT2D eigenvalue weighted by atomic mass is 32.2. The second kappa shape index (κ2) is 10.3. The average molecular weight is 543 g/mol. The highest BCUT2D eigenvalue weighted by Gasteiger charge is 2.30. The minimum absolute atomic E-state index is 0.0183. The zero-order chi connectivity index (χ0) is 26.9. The van der Waals surface area contributed by atoms with Crippen LogP contribution in [0.3, 0.4) is 0 Å². The van der Waals surface area contributed by atoms with E-state index in [2.05, 4.69) is 31.0 Å². The molecule has 0 atom stereocenters. The first-order chi connectivity index (χ1) is 18.2. The van der Waals surface area contributed by atoms with Gasteiger partial charge in [-0.05, 0) is 37.8 Å². The van der Waals surface area contributed by atoms with Crippen molar-refractivity contribution in [2.45, 2.75) is 32.2 Å². The van der Waals surface area contributed by atoms with Gasteiger partial charge in [-0.15, -0.1) is 10.2 Å². The van der Waals surface area contributed by atoms with Gasteiger partial charge < -0.3 is 25.6 Å². The summed E-state index contributed by atoms with van der Waals surface area (Å²) in [4.78, 5) is 28.5. The number of carbonyl (C=O) groups excluding carboxylic acids is 2. The van der Waals surface area contributed by atoms with E-state index in [4.69, 9.17) is 15.0 Å². The number of carbonyl (C=O) groups is 2. The fourth-order valence-corrected chi connectivity index (χ4v) is 5.62. The number of methoxy groups -OCH3 is 1. The summed E-state index contributed by atoms with van der Waals surface area (Å²) in [6.45, 7) is 0.379. The van der Waals surface area contributed by atoms with Crippen LogP contribution in [0.4, 0.5) is 17.2 Å². The number of hydrogen-bond acceptors (Lipinski definition) is 11. The molecular formula is C23H26N8O6S. The number of anilines is 3. The molecule has 3 aromatic rings. The molecule has 1 aliphatic heterocycles. The van der Waals surface area contributed by atoms with Gasteiger partial charge in [0.05, 0.1) is 36.3 Å². The van der Waals surface area contributed by atoms with Crippen molar-refractivity contribution >= 4 is 39.0 Å². The van der Waals surface area contributed by atoms with Crippen molar-refractivity contribution in [2.24, 2.45) is 11.7 Å². The molecule has 0 radical (unpaired) electrons. The number of hydrogen-bond donors (Lipinski definition) is 3. The van der Waals surface area contributed by atoms with E-state index in [1.54, 1.807) is 18.2 Å². The van der Waals surface area contributed by atoms with E-state index in [1.165, 1.54) is 17.5 Å². The number of amides is 2. The molecule has 4 N–H and O–H groups in total. The Morgan fingerprint density at radius 1 is 1.21 bits per heavy atom. The van der Waals surface area contributed by atoms with Crippen molar-refractivity contribution in [1.82, 2.24) is 24.6 Å². The Labute approximate surface area is 218 Å². The Hall–Kier alpha value is -4.11. The van der Waals surface area contributed by atoms with Crippen LogP contribution in [0.5, 0.6) is 5.75 Å². The van der Waals surface area contributed by atoms with Gasteiger partial charge in [-0.3, -0.25) is 9.59 Å². The Bertz CT molecular complexity index is 1490. The Kier molecular flexibility index (Phi) is 6.94. The van der Waals surface area contributed by atoms with E-state index in [-0.39, 0.29) is 53.0 Å². The summed E-state index contributed by atoms with van der Waals surface area (Å²) in [6.07, 6.45) is 3.04. The van der Waals surface area contributed by atoms with Gasteiger partial charge >= 0.3 is 0 Å². The molecule has 200 valence electrons. The minimum atomic E-state index is -3.36. The molecule has 1 aliphatic carbocycles. The number of rotatable bonds is 9. The van der Waals surface area contributed by atoms with Gasteiger partial charge in [0.25, 0.3) is 5.91 Å². The van der Waals surface area contributed by atoms with Gasteiger partial charge in [-0.1, -0.05) is 11.2 Å². The molecule has 0 spiro atoms. The number of nitrogens with two attached hydrogens (primary N) is 1. The molecule has 15 heteroatoms. The van der Waals surface area contributed by atoms with Crippen LogP contribution in [0, 0.1) is 5.92 Å². The molecule has 38 heavy (non-hydrogen) atoms. The van der Waals surface area contributed by atoms with Gasteiger partial charge in [-0.2, -0.15) is 9.29 Å². The lowest BCUT2D eigenvalue weighted by Crippen LogP contribution is -2.37. The molecule has 2 fully saturated rings. The summed E-state index contributed by atoms with van der Waals surface area (Å²) < 4.78 is 36.9. The van der Waals surface area contributed by atoms with Crippen molar-refractivity contribution in [2.75, 3.05) is 30.0 Å². The number of benzene rings is 1. The number of sulfonamides is 1. The predicted molar refractivity (Wildman–Crippen MR) is 135 cm³/mol. The monoisotopic (exact) mass is 542 g/mol. The van der Waals surface area contributed by atoms with Crippen LogP contribution in [0.1, 0.15) is 42.1 Å². The van der Waals surface area contributed by atoms with E-state index in [0.717, 1.165) is 19.3 Å². The van der Waals surface area contributed by atoms with Crippen LogP contribution >= 0.6 is 0 Å². The third-order valence-electron chi connectivity index (χ3n) is 6.19. The Morgan fingerprint density at radius 2 is 2.03 bits per heavy atom. The number of nitrogens with one attached hydrogen (secondary N) is 2. The lowest BCUT2D eigenvalue weighted by Gasteiger charge is -2.24. The SMILES string of the molecule is COc1c(Nc2cc(NC(=O)C3CC3)nnc2C(N)=O)cccc1-c1noc(CN2CCCCS2(=O)=O)n1. The maximum absolute atomic E-state index is 12.3. The quantitative estimate of drug-likeness (QED) is 0.355. The van der Waals surface area contributed by atoms with Crippen LogP contribution in [0.25, 0.3) is 11.4 Å². The molecule has 0 unspecified atom stereocenters. The summed E-state index contributed by atoms with van der Waals surface area (Å²) in [5, 5.41) is 17.5. The number of primary amides is 1. The molecule has 1 aromatic carbocycles. The maximum atomic E-state index is 12.3. The van der Waals surface area contributed by atoms with Crippen LogP contribution in [0.2, 0.25) is 0 Å². The number of nitrogens with zero attached hydrogens (tertiary/aromatic N) is 5. The van der Waals surface area contributed by atoms with Crippen LogP contribution in [0.15, 0.2) is 28.8 Å². The van der Waals surface area contributed by atoms with Crippen molar-refractivity contribution in [3.05, 3.63) is 35.9 Å². The van der Waals surface area contributed by atoms with Crippen molar-refractivity contribution in [1.29, 1.82) is 0 Å². The predicted octanol–water partition coefficient (Wildman–Crippen LogP) is 1.65. The zero-order valence-corrected chi connectivity index (χ0v) is 21.3. The largest absolute Gasteiger partial charge is 0.494 e. The van der Waals surface area contributed by atoms with E-state index in [9.17, 15) is 18.0 Å². The summed E-state index contributed by atoms with van der Waals surface area (Å²) in [5.41, 5.74) is 6.44. The highest BCUT2D eigenvalue weighted by molar-refractivity contribution is 7.89. The molecule has 3 heterocycles. The van der Waals surface area contributed by atoms with Crippen molar-refractivity contribution in [3.8, 4) is 17.1 Å². The fourth-order valence-electron chi connectivity index (χ4n) is 4.08. The van der Waals surface area contributed by atoms with Gasteiger partial charge in [0.15, 0.2) is 17.3 Å². The van der Waals surface area contributed by atoms with Crippen molar-refractivity contribution < 1.29 is 27.3 Å². The summed E-state index contributed by atoms with van der Waals surface area (Å²) in [6, 6.07) is 6.57. The molecule has 5 rings (SSSR count). The van der Waals surface area contributed by atoms with E-state index < -0.39 is 15.9 Å². The summed E-state index contributed by atoms with van der Waals surface area (Å²) in [7, 11) is -1.91. The third-order valence-corrected chi connectivity index (χ3v) is 8.09. The molecule has 2 amide bonds. The second-order valence-corrected chi connectivity index (χ2v) is 11.1. The molecule has 2 aromatic heterocycles.